The van der Waals surface area contributed by atoms with Crippen LogP contribution < -0.4 is 5.73 Å². The normalized spacial score (nSPS) is 38.6. The van der Waals surface area contributed by atoms with Gasteiger partial charge in [-0.05, 0) is 49.5 Å². The van der Waals surface area contributed by atoms with E-state index in [4.69, 9.17) is 5.73 Å². The summed E-state index contributed by atoms with van der Waals surface area (Å²) in [4.78, 5) is 66.3. The van der Waals surface area contributed by atoms with E-state index in [0.717, 1.165) is 5.57 Å². The number of aliphatic hydroxyl groups excluding tert-OH is 1. The lowest BCUT2D eigenvalue weighted by molar-refractivity contribution is -0.195. The van der Waals surface area contributed by atoms with E-state index in [1.807, 2.05) is 20.8 Å². The lowest BCUT2D eigenvalue weighted by atomic mass is 9.36. The summed E-state index contributed by atoms with van der Waals surface area (Å²) in [6.07, 6.45) is 2.10. The lowest BCUT2D eigenvalue weighted by Gasteiger charge is -2.65. The Morgan fingerprint density at radius 3 is 2.39 bits per heavy atom. The van der Waals surface area contributed by atoms with Gasteiger partial charge in [-0.15, -0.1) is 0 Å². The van der Waals surface area contributed by atoms with Gasteiger partial charge in [0.15, 0.2) is 5.78 Å². The molecule has 38 heavy (non-hydrogen) atoms. The van der Waals surface area contributed by atoms with Gasteiger partial charge in [-0.2, -0.15) is 0 Å². The quantitative estimate of drug-likeness (QED) is 0.387. The Morgan fingerprint density at radius 1 is 1.18 bits per heavy atom. The zero-order chi connectivity index (χ0) is 28.8. The molecule has 8 nitrogen and oxygen atoms in total. The molecule has 3 rings (SSSR count). The third-order valence-corrected chi connectivity index (χ3v) is 10.5. The molecule has 0 saturated heterocycles. The molecule has 9 atom stereocenters. The van der Waals surface area contributed by atoms with Crippen molar-refractivity contribution in [3.8, 4) is 0 Å². The molecule has 0 aromatic carbocycles. The highest BCUT2D eigenvalue weighted by atomic mass is 16.4. The molecule has 0 unspecified atom stereocenters. The van der Waals surface area contributed by atoms with Gasteiger partial charge in [0, 0.05) is 54.4 Å². The van der Waals surface area contributed by atoms with Crippen LogP contribution in [0.3, 0.4) is 0 Å². The Labute approximate surface area is 225 Å². The SMILES string of the molecule is CC1=CC(=O)[C@@H]2[C@@H](C1)[C@]1(C)CC(=O)[C@@](C)(CCC(=O)C[C@@H](C)C[C@@H](O)CN)[C@@](C)(CC(=O)O)[C@H]1C(=O)[C@@H]2C. The van der Waals surface area contributed by atoms with Gasteiger partial charge in [0.1, 0.15) is 17.3 Å². The van der Waals surface area contributed by atoms with Crippen molar-refractivity contribution in [1.29, 1.82) is 0 Å². The standard InChI is InChI=1S/C30H45NO7/c1-16(10-20(33)15-31)9-19(32)7-8-29(5)23(35)13-28(4)21-11-17(2)12-22(34)25(21)18(3)26(38)27(28)30(29,6)14-24(36)37/h12,16,18,20-21,25,27,33H,7-11,13-15,31H2,1-6H3,(H,36,37)/t16-,18-,20-,21-,25+,27+,28+,29-,30+/m1/s1. The van der Waals surface area contributed by atoms with Crippen LogP contribution >= 0.6 is 0 Å². The van der Waals surface area contributed by atoms with Gasteiger partial charge >= 0.3 is 5.97 Å². The number of carboxylic acids is 1. The van der Waals surface area contributed by atoms with Crippen molar-refractivity contribution in [2.75, 3.05) is 6.54 Å². The number of fused-ring (bicyclic) bond motifs is 3. The molecule has 0 amide bonds. The summed E-state index contributed by atoms with van der Waals surface area (Å²) in [6.45, 7) is 11.0. The molecule has 0 heterocycles. The number of nitrogens with two attached hydrogens (primary N) is 1. The fourth-order valence-corrected chi connectivity index (χ4v) is 8.30. The van der Waals surface area contributed by atoms with Crippen molar-refractivity contribution in [2.45, 2.75) is 92.6 Å². The molecule has 8 heteroatoms. The molecular formula is C30H45NO7. The first-order chi connectivity index (χ1) is 17.5. The van der Waals surface area contributed by atoms with Gasteiger partial charge < -0.3 is 15.9 Å². The molecule has 0 bridgehead atoms. The second-order valence-electron chi connectivity index (χ2n) is 13.3. The number of rotatable bonds is 10. The second-order valence-corrected chi connectivity index (χ2v) is 13.3. The number of ketones is 4. The fraction of sp³-hybridized carbons (Fsp3) is 0.767. The predicted octanol–water partition coefficient (Wildman–Crippen LogP) is 3.52. The minimum atomic E-state index is -1.22. The second kappa shape index (κ2) is 10.8. The summed E-state index contributed by atoms with van der Waals surface area (Å²) in [6, 6.07) is 0. The third-order valence-electron chi connectivity index (χ3n) is 10.5. The number of Topliss-reactive ketones (excluding diaryl/α,β-unsaturated/α-hetero) is 3. The Morgan fingerprint density at radius 2 is 1.82 bits per heavy atom. The molecule has 0 aliphatic heterocycles. The number of hydrogen-bond acceptors (Lipinski definition) is 7. The van der Waals surface area contributed by atoms with Crippen molar-refractivity contribution in [3.63, 3.8) is 0 Å². The average molecular weight is 532 g/mol. The van der Waals surface area contributed by atoms with Gasteiger partial charge in [-0.25, -0.2) is 0 Å². The number of carboxylic acid groups (broad SMARTS) is 1. The Bertz CT molecular complexity index is 1050. The van der Waals surface area contributed by atoms with Crippen LogP contribution in [0.5, 0.6) is 0 Å². The monoisotopic (exact) mass is 531 g/mol. The summed E-state index contributed by atoms with van der Waals surface area (Å²) in [5.74, 6) is -3.64. The Hall–Kier alpha value is -2.19. The van der Waals surface area contributed by atoms with Crippen LogP contribution in [0, 0.1) is 45.8 Å². The van der Waals surface area contributed by atoms with Gasteiger partial charge in [-0.3, -0.25) is 24.0 Å². The van der Waals surface area contributed by atoms with Crippen LogP contribution in [-0.2, 0) is 24.0 Å². The molecule has 3 aliphatic rings. The molecular weight excluding hydrogens is 486 g/mol. The summed E-state index contributed by atoms with van der Waals surface area (Å²) in [5.41, 5.74) is 3.13. The van der Waals surface area contributed by atoms with E-state index < -0.39 is 46.1 Å². The third kappa shape index (κ3) is 5.06. The molecule has 0 aromatic heterocycles. The van der Waals surface area contributed by atoms with Gasteiger partial charge in [-0.1, -0.05) is 40.2 Å². The highest BCUT2D eigenvalue weighted by Gasteiger charge is 2.70. The number of aliphatic carboxylic acids is 1. The van der Waals surface area contributed by atoms with Crippen LogP contribution in [0.2, 0.25) is 0 Å². The van der Waals surface area contributed by atoms with E-state index in [-0.39, 0.29) is 73.6 Å². The highest BCUT2D eigenvalue weighted by molar-refractivity contribution is 6.01. The minimum Gasteiger partial charge on any atom is -0.481 e. The van der Waals surface area contributed by atoms with Crippen molar-refractivity contribution in [2.24, 2.45) is 51.6 Å². The van der Waals surface area contributed by atoms with Crippen molar-refractivity contribution in [1.82, 2.24) is 0 Å². The first kappa shape index (κ1) is 30.4. The molecule has 2 saturated carbocycles. The largest absolute Gasteiger partial charge is 0.481 e. The molecule has 0 aromatic rings. The van der Waals surface area contributed by atoms with E-state index in [2.05, 4.69) is 0 Å². The molecule has 4 N–H and O–H groups in total. The van der Waals surface area contributed by atoms with E-state index in [9.17, 15) is 34.2 Å². The minimum absolute atomic E-state index is 0.0659. The predicted molar refractivity (Wildman–Crippen MR) is 142 cm³/mol. The van der Waals surface area contributed by atoms with E-state index >= 15 is 0 Å². The van der Waals surface area contributed by atoms with Gasteiger partial charge in [0.25, 0.3) is 0 Å². The van der Waals surface area contributed by atoms with Crippen LogP contribution in [0.25, 0.3) is 0 Å². The number of aliphatic hydroxyl groups is 1. The number of hydrogen-bond donors (Lipinski definition) is 3. The van der Waals surface area contributed by atoms with E-state index in [0.29, 0.717) is 12.8 Å². The van der Waals surface area contributed by atoms with Crippen LogP contribution in [-0.4, -0.2) is 52.0 Å². The highest BCUT2D eigenvalue weighted by Crippen LogP contribution is 2.68. The summed E-state index contributed by atoms with van der Waals surface area (Å²) >= 11 is 0. The maximum Gasteiger partial charge on any atom is 0.303 e. The zero-order valence-electron chi connectivity index (χ0n) is 23.7. The molecule has 212 valence electrons. The van der Waals surface area contributed by atoms with Crippen LogP contribution in [0.1, 0.15) is 86.5 Å². The van der Waals surface area contributed by atoms with Gasteiger partial charge in [0.2, 0.25) is 0 Å². The van der Waals surface area contributed by atoms with E-state index in [1.54, 1.807) is 26.8 Å². The van der Waals surface area contributed by atoms with E-state index in [1.165, 1.54) is 0 Å². The Kier molecular flexibility index (Phi) is 8.60. The first-order valence-electron chi connectivity index (χ1n) is 13.9. The van der Waals surface area contributed by atoms with Crippen LogP contribution in [0.15, 0.2) is 11.6 Å². The number of carbonyl (C=O) groups is 5. The lowest BCUT2D eigenvalue weighted by Crippen LogP contribution is -2.68. The summed E-state index contributed by atoms with van der Waals surface area (Å²) in [5, 5.41) is 19.8. The van der Waals surface area contributed by atoms with Crippen molar-refractivity contribution >= 4 is 29.1 Å². The topological polar surface area (TPSA) is 152 Å². The average Bonchev–Trinajstić information content (AvgIpc) is 2.79. The summed E-state index contributed by atoms with van der Waals surface area (Å²) in [7, 11) is 0. The van der Waals surface area contributed by atoms with Gasteiger partial charge in [0.05, 0.1) is 12.5 Å². The Balaban J connectivity index is 1.98. The smallest absolute Gasteiger partial charge is 0.303 e. The zero-order valence-corrected chi connectivity index (χ0v) is 23.7. The number of allylic oxidation sites excluding steroid dienone is 2. The van der Waals surface area contributed by atoms with Crippen LogP contribution in [0.4, 0.5) is 0 Å². The maximum atomic E-state index is 14.1. The number of carbonyl (C=O) groups excluding carboxylic acids is 4. The molecule has 0 spiro atoms. The maximum absolute atomic E-state index is 14.1. The van der Waals surface area contributed by atoms with Crippen molar-refractivity contribution in [3.05, 3.63) is 11.6 Å². The molecule has 0 radical (unpaired) electrons. The molecule has 3 aliphatic carbocycles. The first-order valence-corrected chi connectivity index (χ1v) is 13.9. The van der Waals surface area contributed by atoms with Crippen molar-refractivity contribution < 1.29 is 34.2 Å². The summed E-state index contributed by atoms with van der Waals surface area (Å²) < 4.78 is 0. The molecule has 2 fully saturated rings. The fourth-order valence-electron chi connectivity index (χ4n) is 8.30.